The SMILES string of the molecule is CC(C)S(=O)(=O)C1CCC(C2CNC(N)C(c3cc(C4CCC(CNC5CCOCC5)CC4)no3)N2)CC1. The fraction of sp³-hybridized carbons (Fsp3) is 0.893. The molecule has 0 radical (unpaired) electrons. The first-order chi connectivity index (χ1) is 18.3. The van der Waals surface area contributed by atoms with Crippen LogP contribution in [-0.2, 0) is 14.6 Å². The fourth-order valence-electron chi connectivity index (χ4n) is 7.08. The zero-order chi connectivity index (χ0) is 26.7. The van der Waals surface area contributed by atoms with E-state index in [-0.39, 0.29) is 28.7 Å². The highest BCUT2D eigenvalue weighted by Gasteiger charge is 2.39. The number of aromatic nitrogens is 1. The maximum absolute atomic E-state index is 12.6. The molecule has 3 heterocycles. The Kier molecular flexibility index (Phi) is 9.48. The van der Waals surface area contributed by atoms with Gasteiger partial charge in [0.05, 0.1) is 28.4 Å². The molecule has 1 aromatic heterocycles. The minimum atomic E-state index is -3.02. The third kappa shape index (κ3) is 6.63. The molecule has 1 aromatic rings. The van der Waals surface area contributed by atoms with Gasteiger partial charge >= 0.3 is 0 Å². The van der Waals surface area contributed by atoms with Crippen molar-refractivity contribution >= 4 is 9.84 Å². The average Bonchev–Trinajstić information content (AvgIpc) is 3.43. The first-order valence-corrected chi connectivity index (χ1v) is 16.7. The van der Waals surface area contributed by atoms with Gasteiger partial charge in [-0.25, -0.2) is 8.42 Å². The lowest BCUT2D eigenvalue weighted by Gasteiger charge is -2.41. The van der Waals surface area contributed by atoms with Crippen molar-refractivity contribution in [2.75, 3.05) is 26.3 Å². The van der Waals surface area contributed by atoms with E-state index >= 15 is 0 Å². The van der Waals surface area contributed by atoms with Crippen LogP contribution in [0.15, 0.2) is 10.6 Å². The molecule has 2 aliphatic carbocycles. The lowest BCUT2D eigenvalue weighted by atomic mass is 9.80. The number of sulfone groups is 1. The molecule has 0 bridgehead atoms. The Morgan fingerprint density at radius 2 is 1.76 bits per heavy atom. The van der Waals surface area contributed by atoms with Gasteiger partial charge in [0, 0.05) is 43.8 Å². The summed E-state index contributed by atoms with van der Waals surface area (Å²) in [7, 11) is -3.02. The van der Waals surface area contributed by atoms with Crippen molar-refractivity contribution in [1.29, 1.82) is 0 Å². The zero-order valence-electron chi connectivity index (χ0n) is 23.2. The molecule has 216 valence electrons. The topological polar surface area (TPSA) is 132 Å². The van der Waals surface area contributed by atoms with Gasteiger partial charge in [0.25, 0.3) is 0 Å². The second kappa shape index (κ2) is 12.6. The summed E-state index contributed by atoms with van der Waals surface area (Å²) in [5, 5.41) is 15.0. The van der Waals surface area contributed by atoms with Crippen molar-refractivity contribution in [3.8, 4) is 0 Å². The standard InChI is InChI=1S/C28H49N5O4S/c1-18(2)38(34,35)23-9-7-21(8-10-23)25-17-31-28(29)27(32-25)26-15-24(33-37-26)20-5-3-19(4-6-20)16-30-22-11-13-36-14-12-22/h15,18-23,25,27-28,30-32H,3-14,16-17,29H2,1-2H3. The van der Waals surface area contributed by atoms with Gasteiger partial charge in [0.2, 0.25) is 0 Å². The number of piperazine rings is 1. The van der Waals surface area contributed by atoms with Crippen molar-refractivity contribution < 1.29 is 17.7 Å². The molecule has 5 N–H and O–H groups in total. The van der Waals surface area contributed by atoms with Crippen LogP contribution < -0.4 is 21.7 Å². The Bertz CT molecular complexity index is 979. The molecular weight excluding hydrogens is 502 g/mol. The lowest BCUT2D eigenvalue weighted by molar-refractivity contribution is 0.0762. The van der Waals surface area contributed by atoms with Crippen LogP contribution in [0.25, 0.3) is 0 Å². The van der Waals surface area contributed by atoms with E-state index < -0.39 is 9.84 Å². The second-order valence-electron chi connectivity index (χ2n) is 12.5. The van der Waals surface area contributed by atoms with E-state index in [0.29, 0.717) is 17.9 Å². The van der Waals surface area contributed by atoms with Crippen LogP contribution in [0, 0.1) is 11.8 Å². The molecule has 9 nitrogen and oxygen atoms in total. The molecule has 2 saturated heterocycles. The number of nitrogens with two attached hydrogens (primary N) is 1. The second-order valence-corrected chi connectivity index (χ2v) is 15.3. The quantitative estimate of drug-likeness (QED) is 0.385. The Labute approximate surface area is 228 Å². The molecule has 0 aromatic carbocycles. The van der Waals surface area contributed by atoms with Crippen molar-refractivity contribution in [2.45, 2.75) is 119 Å². The number of nitrogens with zero attached hydrogens (tertiary/aromatic N) is 1. The molecule has 3 unspecified atom stereocenters. The highest BCUT2D eigenvalue weighted by atomic mass is 32.2. The summed E-state index contributed by atoms with van der Waals surface area (Å²) in [4.78, 5) is 0. The Balaban J connectivity index is 1.11. The molecule has 0 spiro atoms. The summed E-state index contributed by atoms with van der Waals surface area (Å²) < 4.78 is 36.6. The van der Waals surface area contributed by atoms with Crippen LogP contribution in [-0.4, -0.2) is 68.6 Å². The summed E-state index contributed by atoms with van der Waals surface area (Å²) in [6.45, 7) is 7.26. The van der Waals surface area contributed by atoms with Gasteiger partial charge in [-0.2, -0.15) is 0 Å². The minimum absolute atomic E-state index is 0.132. The van der Waals surface area contributed by atoms with Gasteiger partial charge in [0.15, 0.2) is 15.6 Å². The third-order valence-electron chi connectivity index (χ3n) is 9.77. The van der Waals surface area contributed by atoms with Crippen LogP contribution in [0.1, 0.15) is 101 Å². The van der Waals surface area contributed by atoms with Crippen molar-refractivity contribution in [3.05, 3.63) is 17.5 Å². The molecule has 2 aliphatic heterocycles. The highest BCUT2D eigenvalue weighted by Crippen LogP contribution is 2.37. The smallest absolute Gasteiger partial charge is 0.156 e. The first-order valence-electron chi connectivity index (χ1n) is 15.1. The average molecular weight is 552 g/mol. The van der Waals surface area contributed by atoms with Gasteiger partial charge in [-0.3, -0.25) is 5.32 Å². The number of hydrogen-bond donors (Lipinski definition) is 4. The fourth-order valence-corrected chi connectivity index (χ4v) is 8.78. The molecule has 38 heavy (non-hydrogen) atoms. The predicted molar refractivity (Wildman–Crippen MR) is 148 cm³/mol. The maximum Gasteiger partial charge on any atom is 0.156 e. The van der Waals surface area contributed by atoms with Crippen LogP contribution in [0.3, 0.4) is 0 Å². The molecule has 5 rings (SSSR count). The first kappa shape index (κ1) is 28.5. The van der Waals surface area contributed by atoms with Gasteiger partial charge in [-0.15, -0.1) is 0 Å². The molecular formula is C28H49N5O4S. The van der Waals surface area contributed by atoms with Crippen LogP contribution in [0.2, 0.25) is 0 Å². The molecule has 2 saturated carbocycles. The van der Waals surface area contributed by atoms with Gasteiger partial charge in [-0.05, 0) is 96.4 Å². The Morgan fingerprint density at radius 3 is 2.45 bits per heavy atom. The van der Waals surface area contributed by atoms with Crippen molar-refractivity contribution in [1.82, 2.24) is 21.1 Å². The number of hydrogen-bond acceptors (Lipinski definition) is 9. The van der Waals surface area contributed by atoms with E-state index in [1.54, 1.807) is 13.8 Å². The summed E-state index contributed by atoms with van der Waals surface area (Å²) in [6.07, 6.45) is 10.1. The summed E-state index contributed by atoms with van der Waals surface area (Å²) in [5.74, 6) is 2.44. The van der Waals surface area contributed by atoms with E-state index in [1.165, 1.54) is 12.8 Å². The molecule has 4 aliphatic rings. The Hall–Kier alpha value is -1.04. The molecule has 3 atom stereocenters. The van der Waals surface area contributed by atoms with Gasteiger partial charge < -0.3 is 25.6 Å². The highest BCUT2D eigenvalue weighted by molar-refractivity contribution is 7.92. The minimum Gasteiger partial charge on any atom is -0.381 e. The molecule has 0 amide bonds. The molecule has 10 heteroatoms. The van der Waals surface area contributed by atoms with E-state index in [4.69, 9.17) is 15.0 Å². The zero-order valence-corrected chi connectivity index (χ0v) is 24.1. The maximum atomic E-state index is 12.6. The Morgan fingerprint density at radius 1 is 1.05 bits per heavy atom. The van der Waals surface area contributed by atoms with Crippen molar-refractivity contribution in [3.63, 3.8) is 0 Å². The summed E-state index contributed by atoms with van der Waals surface area (Å²) in [5.41, 5.74) is 7.52. The monoisotopic (exact) mass is 551 g/mol. The van der Waals surface area contributed by atoms with E-state index in [1.807, 2.05) is 0 Å². The normalized spacial score (nSPS) is 35.9. The summed E-state index contributed by atoms with van der Waals surface area (Å²) >= 11 is 0. The number of rotatable bonds is 8. The van der Waals surface area contributed by atoms with Crippen LogP contribution >= 0.6 is 0 Å². The number of ether oxygens (including phenoxy) is 1. The van der Waals surface area contributed by atoms with Crippen LogP contribution in [0.5, 0.6) is 0 Å². The van der Waals surface area contributed by atoms with E-state index in [0.717, 1.165) is 95.0 Å². The van der Waals surface area contributed by atoms with E-state index in [2.05, 4.69) is 27.2 Å². The van der Waals surface area contributed by atoms with E-state index in [9.17, 15) is 8.42 Å². The molecule has 4 fully saturated rings. The third-order valence-corrected chi connectivity index (χ3v) is 12.5. The van der Waals surface area contributed by atoms with Crippen molar-refractivity contribution in [2.24, 2.45) is 17.6 Å². The van der Waals surface area contributed by atoms with Crippen LogP contribution in [0.4, 0.5) is 0 Å². The van der Waals surface area contributed by atoms with Gasteiger partial charge in [0.1, 0.15) is 0 Å². The lowest BCUT2D eigenvalue weighted by Crippen LogP contribution is -2.61. The van der Waals surface area contributed by atoms with Gasteiger partial charge in [-0.1, -0.05) is 5.16 Å². The number of nitrogens with one attached hydrogen (secondary N) is 3. The predicted octanol–water partition coefficient (Wildman–Crippen LogP) is 2.99. The largest absolute Gasteiger partial charge is 0.381 e. The summed E-state index contributed by atoms with van der Waals surface area (Å²) in [6, 6.07) is 2.85.